The first-order valence-electron chi connectivity index (χ1n) is 9.47. The molecule has 1 fully saturated rings. The van der Waals surface area contributed by atoms with Crippen molar-refractivity contribution in [2.45, 2.75) is 38.6 Å². The minimum Gasteiger partial charge on any atom is -0.493 e. The molecule has 2 atom stereocenters. The van der Waals surface area contributed by atoms with E-state index in [0.29, 0.717) is 11.7 Å². The van der Waals surface area contributed by atoms with Crippen molar-refractivity contribution in [1.29, 1.82) is 0 Å². The second-order valence-electron chi connectivity index (χ2n) is 6.85. The van der Waals surface area contributed by atoms with Crippen molar-refractivity contribution < 1.29 is 33.3 Å². The zero-order valence-electron chi connectivity index (χ0n) is 17.2. The fraction of sp³-hybridized carbons (Fsp3) is 0.550. The first-order valence-corrected chi connectivity index (χ1v) is 9.47. The van der Waals surface area contributed by atoms with Crippen molar-refractivity contribution in [2.75, 3.05) is 27.9 Å². The summed E-state index contributed by atoms with van der Waals surface area (Å²) in [7, 11) is 4.24. The number of amides is 3. The summed E-state index contributed by atoms with van der Waals surface area (Å²) < 4.78 is 20.6. The number of esters is 1. The molecule has 0 bridgehead atoms. The number of imide groups is 1. The SMILES string of the molecule is COc1ccc(C(=O)OCC(=O)NC(=O)N[C@H]2CCCC[C@H]2C)c(OC)c1OC. The molecular weight excluding hydrogens is 380 g/mol. The van der Waals surface area contributed by atoms with Gasteiger partial charge in [-0.15, -0.1) is 0 Å². The molecule has 0 saturated heterocycles. The van der Waals surface area contributed by atoms with Crippen molar-refractivity contribution in [2.24, 2.45) is 5.92 Å². The van der Waals surface area contributed by atoms with Crippen LogP contribution >= 0.6 is 0 Å². The van der Waals surface area contributed by atoms with Crippen LogP contribution in [0.25, 0.3) is 0 Å². The first kappa shape index (κ1) is 22.3. The van der Waals surface area contributed by atoms with Crippen molar-refractivity contribution in [3.05, 3.63) is 17.7 Å². The van der Waals surface area contributed by atoms with Crippen LogP contribution in [-0.2, 0) is 9.53 Å². The Labute approximate surface area is 170 Å². The second kappa shape index (κ2) is 10.5. The standard InChI is InChI=1S/C20H28N2O7/c1-12-7-5-6-8-14(12)21-20(25)22-16(23)11-29-19(24)13-9-10-15(26-2)18(28-4)17(13)27-3/h9-10,12,14H,5-8,11H2,1-4H3,(H2,21,22,23,25)/t12-,14+/m1/s1. The predicted molar refractivity (Wildman–Crippen MR) is 104 cm³/mol. The molecule has 0 radical (unpaired) electrons. The second-order valence-corrected chi connectivity index (χ2v) is 6.85. The van der Waals surface area contributed by atoms with Gasteiger partial charge in [0.05, 0.1) is 21.3 Å². The number of ether oxygens (including phenoxy) is 4. The predicted octanol–water partition coefficient (Wildman–Crippen LogP) is 2.27. The van der Waals surface area contributed by atoms with Gasteiger partial charge in [0, 0.05) is 6.04 Å². The third-order valence-electron chi connectivity index (χ3n) is 4.94. The van der Waals surface area contributed by atoms with E-state index in [1.807, 2.05) is 0 Å². The zero-order chi connectivity index (χ0) is 21.4. The molecule has 0 spiro atoms. The van der Waals surface area contributed by atoms with Crippen LogP contribution in [0.15, 0.2) is 12.1 Å². The Morgan fingerprint density at radius 2 is 1.69 bits per heavy atom. The van der Waals surface area contributed by atoms with Gasteiger partial charge in [-0.05, 0) is 30.9 Å². The first-order chi connectivity index (χ1) is 13.9. The lowest BCUT2D eigenvalue weighted by Crippen LogP contribution is -2.48. The third kappa shape index (κ3) is 5.75. The average Bonchev–Trinajstić information content (AvgIpc) is 2.72. The highest BCUT2D eigenvalue weighted by Gasteiger charge is 2.25. The van der Waals surface area contributed by atoms with E-state index >= 15 is 0 Å². The number of rotatable bonds is 7. The van der Waals surface area contributed by atoms with Crippen LogP contribution in [-0.4, -0.2) is 51.9 Å². The molecule has 1 aromatic rings. The number of hydrogen-bond acceptors (Lipinski definition) is 7. The molecule has 1 aromatic carbocycles. The molecule has 1 aliphatic rings. The lowest BCUT2D eigenvalue weighted by atomic mass is 9.86. The van der Waals surface area contributed by atoms with Gasteiger partial charge in [-0.1, -0.05) is 19.8 Å². The van der Waals surface area contributed by atoms with Crippen LogP contribution in [0.4, 0.5) is 4.79 Å². The maximum Gasteiger partial charge on any atom is 0.342 e. The molecule has 0 unspecified atom stereocenters. The summed E-state index contributed by atoms with van der Waals surface area (Å²) in [5, 5.41) is 4.98. The van der Waals surface area contributed by atoms with Crippen molar-refractivity contribution >= 4 is 17.9 Å². The molecule has 2 rings (SSSR count). The number of benzene rings is 1. The monoisotopic (exact) mass is 408 g/mol. The molecule has 9 nitrogen and oxygen atoms in total. The van der Waals surface area contributed by atoms with Gasteiger partial charge in [0.2, 0.25) is 5.75 Å². The normalized spacial score (nSPS) is 18.3. The summed E-state index contributed by atoms with van der Waals surface area (Å²) in [4.78, 5) is 36.3. The van der Waals surface area contributed by atoms with Crippen molar-refractivity contribution in [1.82, 2.24) is 10.6 Å². The van der Waals surface area contributed by atoms with Crippen molar-refractivity contribution in [3.63, 3.8) is 0 Å². The Morgan fingerprint density at radius 1 is 1.00 bits per heavy atom. The lowest BCUT2D eigenvalue weighted by Gasteiger charge is -2.29. The number of carbonyl (C=O) groups excluding carboxylic acids is 3. The fourth-order valence-corrected chi connectivity index (χ4v) is 3.37. The highest BCUT2D eigenvalue weighted by atomic mass is 16.5. The van der Waals surface area contributed by atoms with Gasteiger partial charge in [0.1, 0.15) is 5.56 Å². The van der Waals surface area contributed by atoms with E-state index in [1.165, 1.54) is 33.5 Å². The Kier molecular flexibility index (Phi) is 8.11. The van der Waals surface area contributed by atoms with Gasteiger partial charge in [-0.3, -0.25) is 10.1 Å². The van der Waals surface area contributed by atoms with Gasteiger partial charge in [0.15, 0.2) is 18.1 Å². The Balaban J connectivity index is 1.91. The summed E-state index contributed by atoms with van der Waals surface area (Å²) in [6.45, 7) is 1.47. The van der Waals surface area contributed by atoms with E-state index in [9.17, 15) is 14.4 Å². The minimum absolute atomic E-state index is 0.0372. The van der Waals surface area contributed by atoms with Gasteiger partial charge >= 0.3 is 12.0 Å². The van der Waals surface area contributed by atoms with E-state index in [1.54, 1.807) is 0 Å². The minimum atomic E-state index is -0.792. The number of nitrogens with one attached hydrogen (secondary N) is 2. The molecule has 29 heavy (non-hydrogen) atoms. The van der Waals surface area contributed by atoms with E-state index in [4.69, 9.17) is 18.9 Å². The molecule has 0 aliphatic heterocycles. The van der Waals surface area contributed by atoms with Crippen LogP contribution in [0.5, 0.6) is 17.2 Å². The van der Waals surface area contributed by atoms with Crippen LogP contribution < -0.4 is 24.8 Å². The quantitative estimate of drug-likeness (QED) is 0.666. The fourth-order valence-electron chi connectivity index (χ4n) is 3.37. The maximum absolute atomic E-state index is 12.4. The zero-order valence-corrected chi connectivity index (χ0v) is 17.2. The molecule has 1 saturated carbocycles. The van der Waals surface area contributed by atoms with Gasteiger partial charge in [0.25, 0.3) is 5.91 Å². The van der Waals surface area contributed by atoms with E-state index in [0.717, 1.165) is 25.7 Å². The largest absolute Gasteiger partial charge is 0.493 e. The van der Waals surface area contributed by atoms with Crippen LogP contribution in [0, 0.1) is 5.92 Å². The van der Waals surface area contributed by atoms with Gasteiger partial charge in [-0.25, -0.2) is 9.59 Å². The molecule has 9 heteroatoms. The van der Waals surface area contributed by atoms with E-state index in [2.05, 4.69) is 17.6 Å². The van der Waals surface area contributed by atoms with Crippen LogP contribution in [0.2, 0.25) is 0 Å². The number of carbonyl (C=O) groups is 3. The maximum atomic E-state index is 12.4. The highest BCUT2D eigenvalue weighted by molar-refractivity contribution is 5.98. The molecule has 3 amide bonds. The molecule has 1 aliphatic carbocycles. The van der Waals surface area contributed by atoms with Crippen LogP contribution in [0.3, 0.4) is 0 Å². The molecular formula is C20H28N2O7. The summed E-state index contributed by atoms with van der Waals surface area (Å²) in [6.07, 6.45) is 4.13. The number of urea groups is 1. The molecule has 160 valence electrons. The summed E-state index contributed by atoms with van der Waals surface area (Å²) in [6, 6.07) is 2.41. The van der Waals surface area contributed by atoms with Crippen LogP contribution in [0.1, 0.15) is 43.0 Å². The van der Waals surface area contributed by atoms with Gasteiger partial charge in [-0.2, -0.15) is 0 Å². The highest BCUT2D eigenvalue weighted by Crippen LogP contribution is 2.39. The summed E-state index contributed by atoms with van der Waals surface area (Å²) in [5.74, 6) is -0.415. The number of methoxy groups -OCH3 is 3. The smallest absolute Gasteiger partial charge is 0.342 e. The summed E-state index contributed by atoms with van der Waals surface area (Å²) >= 11 is 0. The average molecular weight is 408 g/mol. The Bertz CT molecular complexity index is 751. The Hall–Kier alpha value is -2.97. The lowest BCUT2D eigenvalue weighted by molar-refractivity contribution is -0.123. The molecule has 0 heterocycles. The molecule has 2 N–H and O–H groups in total. The third-order valence-corrected chi connectivity index (χ3v) is 4.94. The van der Waals surface area contributed by atoms with Gasteiger partial charge < -0.3 is 24.3 Å². The Morgan fingerprint density at radius 3 is 2.31 bits per heavy atom. The van der Waals surface area contributed by atoms with E-state index in [-0.39, 0.29) is 23.1 Å². The molecule has 0 aromatic heterocycles. The summed E-state index contributed by atoms with van der Waals surface area (Å²) in [5.41, 5.74) is 0.0680. The topological polar surface area (TPSA) is 112 Å². The number of hydrogen-bond donors (Lipinski definition) is 2. The van der Waals surface area contributed by atoms with Crippen molar-refractivity contribution in [3.8, 4) is 17.2 Å². The van der Waals surface area contributed by atoms with E-state index < -0.39 is 24.5 Å².